The lowest BCUT2D eigenvalue weighted by Crippen LogP contribution is -2.57. The van der Waals surface area contributed by atoms with Crippen molar-refractivity contribution in [2.75, 3.05) is 13.2 Å². The topological polar surface area (TPSA) is 111 Å². The maximum atomic E-state index is 13.0. The van der Waals surface area contributed by atoms with Gasteiger partial charge in [-0.1, -0.05) is 35.7 Å². The molecule has 1 heterocycles. The maximum Gasteiger partial charge on any atom is 0.246 e. The van der Waals surface area contributed by atoms with Gasteiger partial charge >= 0.3 is 0 Å². The second kappa shape index (κ2) is 9.82. The highest BCUT2D eigenvalue weighted by Gasteiger charge is 2.45. The molecule has 1 aliphatic carbocycles. The van der Waals surface area contributed by atoms with E-state index in [1.807, 2.05) is 31.2 Å². The van der Waals surface area contributed by atoms with E-state index in [2.05, 4.69) is 15.2 Å². The number of hydrogen-bond acceptors (Lipinski definition) is 6. The molecular formula is C22H31N3O5S. The predicted octanol–water partition coefficient (Wildman–Crippen LogP) is 3.17. The third-order valence-corrected chi connectivity index (χ3v) is 7.38. The Bertz CT molecular complexity index is 973. The van der Waals surface area contributed by atoms with Gasteiger partial charge in [0, 0.05) is 6.54 Å². The first-order chi connectivity index (χ1) is 14.7. The van der Waals surface area contributed by atoms with Crippen LogP contribution >= 0.6 is 0 Å². The quantitative estimate of drug-likeness (QED) is 0.539. The molecule has 1 fully saturated rings. The Morgan fingerprint density at radius 3 is 2.42 bits per heavy atom. The summed E-state index contributed by atoms with van der Waals surface area (Å²) in [6.07, 6.45) is 4.05. The molecule has 170 valence electrons. The molecule has 0 saturated heterocycles. The first kappa shape index (κ1) is 23.3. The monoisotopic (exact) mass is 449 g/mol. The summed E-state index contributed by atoms with van der Waals surface area (Å²) in [5, 5.41) is 6.63. The van der Waals surface area contributed by atoms with E-state index in [1.54, 1.807) is 13.8 Å². The second-order valence-corrected chi connectivity index (χ2v) is 9.79. The maximum absolute atomic E-state index is 13.0. The molecule has 8 nitrogen and oxygen atoms in total. The highest BCUT2D eigenvalue weighted by molar-refractivity contribution is 7.89. The van der Waals surface area contributed by atoms with E-state index in [9.17, 15) is 13.2 Å². The van der Waals surface area contributed by atoms with Crippen LogP contribution in [0.15, 0.2) is 33.7 Å². The van der Waals surface area contributed by atoms with Crippen LogP contribution in [-0.4, -0.2) is 38.2 Å². The molecule has 0 bridgehead atoms. The van der Waals surface area contributed by atoms with Gasteiger partial charge in [0.25, 0.3) is 0 Å². The SMILES string of the molecule is Cc1ccc(OCCCCNC(=O)C2(NS(=O)(=O)c3c(C)noc3C)CCCC2)cc1. The molecule has 1 aliphatic rings. The fraction of sp³-hybridized carbons (Fsp3) is 0.545. The number of hydrogen-bond donors (Lipinski definition) is 2. The molecule has 9 heteroatoms. The summed E-state index contributed by atoms with van der Waals surface area (Å²) in [6.45, 7) is 6.17. The highest BCUT2D eigenvalue weighted by atomic mass is 32.2. The van der Waals surface area contributed by atoms with Crippen LogP contribution in [-0.2, 0) is 14.8 Å². The van der Waals surface area contributed by atoms with Gasteiger partial charge in [0.2, 0.25) is 15.9 Å². The number of carbonyl (C=O) groups is 1. The molecule has 0 spiro atoms. The van der Waals surface area contributed by atoms with Crippen molar-refractivity contribution in [3.8, 4) is 5.75 Å². The van der Waals surface area contributed by atoms with E-state index in [-0.39, 0.29) is 22.3 Å². The lowest BCUT2D eigenvalue weighted by molar-refractivity contribution is -0.126. The number of sulfonamides is 1. The zero-order chi connectivity index (χ0) is 22.5. The third kappa shape index (κ3) is 5.65. The molecule has 2 aromatic rings. The summed E-state index contributed by atoms with van der Waals surface area (Å²) in [5.74, 6) is 0.764. The minimum atomic E-state index is -3.93. The molecule has 1 saturated carbocycles. The van der Waals surface area contributed by atoms with Gasteiger partial charge < -0.3 is 14.6 Å². The molecule has 3 rings (SSSR count). The molecule has 0 radical (unpaired) electrons. The van der Waals surface area contributed by atoms with Gasteiger partial charge in [-0.2, -0.15) is 4.72 Å². The van der Waals surface area contributed by atoms with E-state index in [1.165, 1.54) is 5.56 Å². The summed E-state index contributed by atoms with van der Waals surface area (Å²) in [6, 6.07) is 7.87. The van der Waals surface area contributed by atoms with E-state index in [0.717, 1.165) is 31.4 Å². The summed E-state index contributed by atoms with van der Waals surface area (Å²) >= 11 is 0. The average molecular weight is 450 g/mol. The minimum Gasteiger partial charge on any atom is -0.494 e. The average Bonchev–Trinajstić information content (AvgIpc) is 3.32. The van der Waals surface area contributed by atoms with Crippen molar-refractivity contribution in [2.45, 2.75) is 69.7 Å². The lowest BCUT2D eigenvalue weighted by Gasteiger charge is -2.28. The number of amides is 1. The number of nitrogens with zero attached hydrogens (tertiary/aromatic N) is 1. The fourth-order valence-corrected chi connectivity index (χ4v) is 5.70. The first-order valence-electron chi connectivity index (χ1n) is 10.7. The van der Waals surface area contributed by atoms with E-state index < -0.39 is 15.6 Å². The Labute approximate surface area is 183 Å². The predicted molar refractivity (Wildman–Crippen MR) is 116 cm³/mol. The Hall–Kier alpha value is -2.39. The Kier molecular flexibility index (Phi) is 7.38. The Balaban J connectivity index is 1.51. The number of ether oxygens (including phenoxy) is 1. The van der Waals surface area contributed by atoms with Gasteiger partial charge in [-0.3, -0.25) is 4.79 Å². The second-order valence-electron chi connectivity index (χ2n) is 8.17. The molecule has 0 unspecified atom stereocenters. The Morgan fingerprint density at radius 2 is 1.81 bits per heavy atom. The van der Waals surface area contributed by atoms with Crippen molar-refractivity contribution in [3.63, 3.8) is 0 Å². The summed E-state index contributed by atoms with van der Waals surface area (Å²) < 4.78 is 39.3. The zero-order valence-corrected chi connectivity index (χ0v) is 19.2. The van der Waals surface area contributed by atoms with Crippen LogP contribution in [0.1, 0.15) is 55.5 Å². The molecule has 1 amide bonds. The smallest absolute Gasteiger partial charge is 0.246 e. The largest absolute Gasteiger partial charge is 0.494 e. The number of carbonyl (C=O) groups excluding carboxylic acids is 1. The van der Waals surface area contributed by atoms with Crippen molar-refractivity contribution in [3.05, 3.63) is 41.3 Å². The fourth-order valence-electron chi connectivity index (χ4n) is 3.94. The van der Waals surface area contributed by atoms with Crippen LogP contribution < -0.4 is 14.8 Å². The summed E-state index contributed by atoms with van der Waals surface area (Å²) in [5.41, 5.74) is 0.334. The van der Waals surface area contributed by atoms with Crippen molar-refractivity contribution in [1.82, 2.24) is 15.2 Å². The molecular weight excluding hydrogens is 418 g/mol. The number of unbranched alkanes of at least 4 members (excludes halogenated alkanes) is 1. The van der Waals surface area contributed by atoms with Gasteiger partial charge in [-0.15, -0.1) is 0 Å². The van der Waals surface area contributed by atoms with Crippen LogP contribution in [0.5, 0.6) is 5.75 Å². The number of rotatable bonds is 10. The van der Waals surface area contributed by atoms with Crippen LogP contribution in [0.4, 0.5) is 0 Å². The molecule has 1 aromatic carbocycles. The molecule has 0 atom stereocenters. The normalized spacial score (nSPS) is 15.7. The van der Waals surface area contributed by atoms with Crippen molar-refractivity contribution in [2.24, 2.45) is 0 Å². The van der Waals surface area contributed by atoms with Crippen molar-refractivity contribution >= 4 is 15.9 Å². The number of benzene rings is 1. The van der Waals surface area contributed by atoms with Crippen LogP contribution in [0.25, 0.3) is 0 Å². The van der Waals surface area contributed by atoms with Crippen LogP contribution in [0, 0.1) is 20.8 Å². The number of aryl methyl sites for hydroxylation is 3. The highest BCUT2D eigenvalue weighted by Crippen LogP contribution is 2.32. The third-order valence-electron chi connectivity index (χ3n) is 5.60. The van der Waals surface area contributed by atoms with Crippen LogP contribution in [0.3, 0.4) is 0 Å². The molecule has 2 N–H and O–H groups in total. The van der Waals surface area contributed by atoms with Gasteiger partial charge in [-0.05, 0) is 58.6 Å². The number of aromatic nitrogens is 1. The van der Waals surface area contributed by atoms with Gasteiger partial charge in [0.1, 0.15) is 21.9 Å². The Morgan fingerprint density at radius 1 is 1.13 bits per heavy atom. The number of nitrogens with one attached hydrogen (secondary N) is 2. The lowest BCUT2D eigenvalue weighted by atomic mass is 9.98. The minimum absolute atomic E-state index is 0.0137. The van der Waals surface area contributed by atoms with Crippen molar-refractivity contribution < 1.29 is 22.5 Å². The zero-order valence-electron chi connectivity index (χ0n) is 18.4. The van der Waals surface area contributed by atoms with Crippen molar-refractivity contribution in [1.29, 1.82) is 0 Å². The van der Waals surface area contributed by atoms with E-state index in [4.69, 9.17) is 9.26 Å². The summed E-state index contributed by atoms with van der Waals surface area (Å²) in [4.78, 5) is 13.0. The molecule has 1 aromatic heterocycles. The van der Waals surface area contributed by atoms with E-state index >= 15 is 0 Å². The molecule has 0 aliphatic heterocycles. The van der Waals surface area contributed by atoms with E-state index in [0.29, 0.717) is 26.0 Å². The first-order valence-corrected chi connectivity index (χ1v) is 12.2. The van der Waals surface area contributed by atoms with Gasteiger partial charge in [0.15, 0.2) is 5.76 Å². The van der Waals surface area contributed by atoms with Gasteiger partial charge in [0.05, 0.1) is 6.61 Å². The standard InChI is InChI=1S/C22H31N3O5S/c1-16-8-10-19(11-9-16)29-15-7-6-14-23-21(26)22(12-4-5-13-22)25-31(27,28)20-17(2)24-30-18(20)3/h8-11,25H,4-7,12-15H2,1-3H3,(H,23,26). The summed E-state index contributed by atoms with van der Waals surface area (Å²) in [7, 11) is -3.93. The van der Waals surface area contributed by atoms with Gasteiger partial charge in [-0.25, -0.2) is 8.42 Å². The van der Waals surface area contributed by atoms with Crippen LogP contribution in [0.2, 0.25) is 0 Å². The molecule has 31 heavy (non-hydrogen) atoms.